The lowest BCUT2D eigenvalue weighted by Crippen LogP contribution is -2.32. The van der Waals surface area contributed by atoms with E-state index in [4.69, 9.17) is 5.73 Å². The first-order valence-electron chi connectivity index (χ1n) is 6.53. The second-order valence-corrected chi connectivity index (χ2v) is 7.25. The number of nitrogen functional groups attached to an aromatic ring is 1. The van der Waals surface area contributed by atoms with Crippen LogP contribution in [0.15, 0.2) is 17.0 Å². The quantitative estimate of drug-likeness (QED) is 0.869. The number of benzene rings is 1. The van der Waals surface area contributed by atoms with Crippen molar-refractivity contribution in [1.82, 2.24) is 4.31 Å². The lowest BCUT2D eigenvalue weighted by molar-refractivity contribution is 0.385. The highest BCUT2D eigenvalue weighted by molar-refractivity contribution is 7.89. The molecule has 0 spiro atoms. The molecule has 0 bridgehead atoms. The van der Waals surface area contributed by atoms with Gasteiger partial charge in [0.1, 0.15) is 16.5 Å². The summed E-state index contributed by atoms with van der Waals surface area (Å²) in [6.45, 7) is 0.346. The van der Waals surface area contributed by atoms with E-state index in [0.717, 1.165) is 36.1 Å². The average molecular weight is 304 g/mol. The number of hydrogen-bond acceptors (Lipinski definition) is 3. The first-order chi connectivity index (χ1) is 9.32. The Hall–Kier alpha value is -1.21. The highest BCUT2D eigenvalue weighted by atomic mass is 32.2. The van der Waals surface area contributed by atoms with E-state index in [1.807, 2.05) is 0 Å². The van der Waals surface area contributed by atoms with E-state index in [1.165, 1.54) is 7.05 Å². The molecule has 0 heterocycles. The van der Waals surface area contributed by atoms with Gasteiger partial charge in [0.2, 0.25) is 10.0 Å². The highest BCUT2D eigenvalue weighted by Gasteiger charge is 2.28. The summed E-state index contributed by atoms with van der Waals surface area (Å²) in [4.78, 5) is -0.572. The van der Waals surface area contributed by atoms with Crippen molar-refractivity contribution in [3.63, 3.8) is 0 Å². The molecule has 1 saturated carbocycles. The van der Waals surface area contributed by atoms with E-state index in [1.54, 1.807) is 0 Å². The van der Waals surface area contributed by atoms with Gasteiger partial charge in [-0.3, -0.25) is 0 Å². The smallest absolute Gasteiger partial charge is 0.245 e. The fourth-order valence-electron chi connectivity index (χ4n) is 2.57. The number of hydrogen-bond donors (Lipinski definition) is 1. The summed E-state index contributed by atoms with van der Waals surface area (Å²) in [7, 11) is -2.58. The van der Waals surface area contributed by atoms with Gasteiger partial charge in [-0.15, -0.1) is 0 Å². The summed E-state index contributed by atoms with van der Waals surface area (Å²) in [6.07, 6.45) is 4.15. The van der Waals surface area contributed by atoms with Crippen molar-refractivity contribution >= 4 is 15.7 Å². The fourth-order valence-corrected chi connectivity index (χ4v) is 3.89. The van der Waals surface area contributed by atoms with Gasteiger partial charge >= 0.3 is 0 Å². The second-order valence-electron chi connectivity index (χ2n) is 5.24. The zero-order chi connectivity index (χ0) is 14.9. The Balaban J connectivity index is 2.27. The fraction of sp³-hybridized carbons (Fsp3) is 0.538. The van der Waals surface area contributed by atoms with Gasteiger partial charge in [-0.1, -0.05) is 12.8 Å². The zero-order valence-corrected chi connectivity index (χ0v) is 12.1. The molecule has 0 radical (unpaired) electrons. The molecule has 0 atom stereocenters. The summed E-state index contributed by atoms with van der Waals surface area (Å²) in [5, 5.41) is 0. The van der Waals surface area contributed by atoms with Crippen LogP contribution in [-0.4, -0.2) is 26.3 Å². The Morgan fingerprint density at radius 1 is 1.25 bits per heavy atom. The molecule has 1 aliphatic rings. The van der Waals surface area contributed by atoms with Crippen LogP contribution in [0, 0.1) is 17.6 Å². The van der Waals surface area contributed by atoms with Crippen molar-refractivity contribution < 1.29 is 17.2 Å². The molecule has 0 saturated heterocycles. The van der Waals surface area contributed by atoms with Crippen molar-refractivity contribution in [3.8, 4) is 0 Å². The van der Waals surface area contributed by atoms with Crippen LogP contribution in [0.1, 0.15) is 25.7 Å². The van der Waals surface area contributed by atoms with Gasteiger partial charge in [0.05, 0.1) is 5.69 Å². The maximum Gasteiger partial charge on any atom is 0.245 e. The molecule has 0 unspecified atom stereocenters. The van der Waals surface area contributed by atoms with E-state index < -0.39 is 26.6 Å². The highest BCUT2D eigenvalue weighted by Crippen LogP contribution is 2.28. The molecule has 112 valence electrons. The standard InChI is InChI=1S/C13H18F2N2O2S/c1-17(8-9-4-2-3-5-9)20(18,19)13-7-12(16)10(14)6-11(13)15/h6-7,9H,2-5,8,16H2,1H3. The average Bonchev–Trinajstić information content (AvgIpc) is 2.86. The van der Waals surface area contributed by atoms with Crippen molar-refractivity contribution in [2.24, 2.45) is 5.92 Å². The molecule has 0 aromatic heterocycles. The number of sulfonamides is 1. The lowest BCUT2D eigenvalue weighted by Gasteiger charge is -2.21. The van der Waals surface area contributed by atoms with Crippen LogP contribution in [0.3, 0.4) is 0 Å². The van der Waals surface area contributed by atoms with Gasteiger partial charge < -0.3 is 5.73 Å². The topological polar surface area (TPSA) is 63.4 Å². The monoisotopic (exact) mass is 304 g/mol. The minimum Gasteiger partial charge on any atom is -0.396 e. The molecule has 2 rings (SSSR count). The van der Waals surface area contributed by atoms with E-state index in [0.29, 0.717) is 18.5 Å². The number of nitrogens with zero attached hydrogens (tertiary/aromatic N) is 1. The van der Waals surface area contributed by atoms with E-state index in [-0.39, 0.29) is 5.69 Å². The Morgan fingerprint density at radius 3 is 2.45 bits per heavy atom. The SMILES string of the molecule is CN(CC1CCCC1)S(=O)(=O)c1cc(N)c(F)cc1F. The van der Waals surface area contributed by atoms with Crippen molar-refractivity contribution in [2.75, 3.05) is 19.3 Å². The first kappa shape index (κ1) is 15.2. The molecule has 0 aliphatic heterocycles. The van der Waals surface area contributed by atoms with Crippen LogP contribution >= 0.6 is 0 Å². The summed E-state index contributed by atoms with van der Waals surface area (Å²) in [6, 6.07) is 1.34. The lowest BCUT2D eigenvalue weighted by atomic mass is 10.1. The molecule has 2 N–H and O–H groups in total. The minimum absolute atomic E-state index is 0.302. The molecule has 1 aromatic carbocycles. The largest absolute Gasteiger partial charge is 0.396 e. The molecule has 4 nitrogen and oxygen atoms in total. The third-order valence-electron chi connectivity index (χ3n) is 3.73. The van der Waals surface area contributed by atoms with Gasteiger partial charge in [-0.2, -0.15) is 0 Å². The van der Waals surface area contributed by atoms with Crippen molar-refractivity contribution in [3.05, 3.63) is 23.8 Å². The Bertz CT molecular complexity index is 599. The third-order valence-corrected chi connectivity index (χ3v) is 5.57. The molecule has 1 fully saturated rings. The number of nitrogens with two attached hydrogens (primary N) is 1. The summed E-state index contributed by atoms with van der Waals surface area (Å²) in [5.41, 5.74) is 4.95. The van der Waals surface area contributed by atoms with E-state index in [2.05, 4.69) is 0 Å². The molecular formula is C13H18F2N2O2S. The minimum atomic E-state index is -3.98. The van der Waals surface area contributed by atoms with Crippen LogP contribution < -0.4 is 5.73 Å². The van der Waals surface area contributed by atoms with Crippen LogP contribution in [0.5, 0.6) is 0 Å². The van der Waals surface area contributed by atoms with Gasteiger partial charge in [0.25, 0.3) is 0 Å². The molecule has 20 heavy (non-hydrogen) atoms. The normalized spacial score (nSPS) is 17.0. The van der Waals surface area contributed by atoms with Crippen LogP contribution in [0.2, 0.25) is 0 Å². The Morgan fingerprint density at radius 2 is 1.85 bits per heavy atom. The molecule has 1 aliphatic carbocycles. The van der Waals surface area contributed by atoms with Crippen LogP contribution in [-0.2, 0) is 10.0 Å². The maximum absolute atomic E-state index is 13.7. The number of halogens is 2. The van der Waals surface area contributed by atoms with Gasteiger partial charge in [0, 0.05) is 19.7 Å². The number of rotatable bonds is 4. The Labute approximate surface area is 117 Å². The predicted octanol–water partition coefficient (Wildman–Crippen LogP) is 2.36. The predicted molar refractivity (Wildman–Crippen MR) is 72.5 cm³/mol. The van der Waals surface area contributed by atoms with Crippen molar-refractivity contribution in [2.45, 2.75) is 30.6 Å². The zero-order valence-electron chi connectivity index (χ0n) is 11.3. The first-order valence-corrected chi connectivity index (χ1v) is 7.97. The Kier molecular flexibility index (Phi) is 4.29. The van der Waals surface area contributed by atoms with Gasteiger partial charge in [0.15, 0.2) is 0 Å². The molecule has 0 amide bonds. The molecular weight excluding hydrogens is 286 g/mol. The number of anilines is 1. The summed E-state index contributed by atoms with van der Waals surface area (Å²) >= 11 is 0. The van der Waals surface area contributed by atoms with Gasteiger partial charge in [-0.05, 0) is 24.8 Å². The van der Waals surface area contributed by atoms with E-state index >= 15 is 0 Å². The van der Waals surface area contributed by atoms with Gasteiger partial charge in [-0.25, -0.2) is 21.5 Å². The van der Waals surface area contributed by atoms with E-state index in [9.17, 15) is 17.2 Å². The third kappa shape index (κ3) is 2.93. The maximum atomic E-state index is 13.7. The van der Waals surface area contributed by atoms with Crippen molar-refractivity contribution in [1.29, 1.82) is 0 Å². The molecule has 1 aromatic rings. The van der Waals surface area contributed by atoms with Crippen LogP contribution in [0.25, 0.3) is 0 Å². The van der Waals surface area contributed by atoms with Crippen LogP contribution in [0.4, 0.5) is 14.5 Å². The molecule has 7 heteroatoms. The summed E-state index contributed by atoms with van der Waals surface area (Å²) < 4.78 is 52.5. The summed E-state index contributed by atoms with van der Waals surface area (Å²) in [5.74, 6) is -1.77. The second kappa shape index (κ2) is 5.65.